The average molecular weight is 543 g/mol. The van der Waals surface area contributed by atoms with Crippen LogP contribution in [0.25, 0.3) is 17.0 Å². The maximum absolute atomic E-state index is 12.8. The molecule has 0 radical (unpaired) electrons. The van der Waals surface area contributed by atoms with Gasteiger partial charge in [0.05, 0.1) is 19.8 Å². The second-order valence-electron chi connectivity index (χ2n) is 9.02. The number of methoxy groups -OCH3 is 2. The normalized spacial score (nSPS) is 13.9. The largest absolute Gasteiger partial charge is 0.493 e. The number of aromatic nitrogens is 1. The number of hydrogen-bond acceptors (Lipinski definition) is 7. The van der Waals surface area contributed by atoms with Crippen LogP contribution in [0.1, 0.15) is 21.5 Å². The summed E-state index contributed by atoms with van der Waals surface area (Å²) in [6.07, 6.45) is 3.44. The van der Waals surface area contributed by atoms with Gasteiger partial charge in [-0.05, 0) is 47.5 Å². The highest BCUT2D eigenvalue weighted by Gasteiger charge is 2.28. The number of aromatic amines is 1. The molecule has 204 valence electrons. The number of H-pyrrole nitrogens is 1. The van der Waals surface area contributed by atoms with Crippen LogP contribution < -0.4 is 24.3 Å². The Labute approximate surface area is 229 Å². The van der Waals surface area contributed by atoms with E-state index in [9.17, 15) is 19.5 Å². The van der Waals surface area contributed by atoms with Crippen LogP contribution in [0.5, 0.6) is 23.0 Å². The maximum Gasteiger partial charge on any atom is 0.326 e. The third-order valence-electron chi connectivity index (χ3n) is 6.45. The molecule has 4 aromatic rings. The molecule has 10 heteroatoms. The van der Waals surface area contributed by atoms with Gasteiger partial charge >= 0.3 is 5.97 Å². The zero-order chi connectivity index (χ0) is 28.2. The van der Waals surface area contributed by atoms with E-state index in [4.69, 9.17) is 18.9 Å². The number of para-hydroxylation sites is 1. The summed E-state index contributed by atoms with van der Waals surface area (Å²) in [5.41, 5.74) is 2.70. The molecule has 1 aliphatic rings. The topological polar surface area (TPSA) is 136 Å². The summed E-state index contributed by atoms with van der Waals surface area (Å²) in [6.45, 7) is -0.418. The smallest absolute Gasteiger partial charge is 0.326 e. The minimum atomic E-state index is -1.16. The highest BCUT2D eigenvalue weighted by atomic mass is 16.5. The summed E-state index contributed by atoms with van der Waals surface area (Å²) in [5, 5.41) is 13.1. The van der Waals surface area contributed by atoms with Crippen LogP contribution in [-0.4, -0.2) is 54.6 Å². The molecule has 0 bridgehead atoms. The minimum absolute atomic E-state index is 0.106. The molecule has 1 atom stereocenters. The van der Waals surface area contributed by atoms with Crippen LogP contribution in [-0.2, 0) is 16.0 Å². The first-order valence-electron chi connectivity index (χ1n) is 12.4. The second kappa shape index (κ2) is 11.2. The molecule has 0 saturated carbocycles. The molecule has 40 heavy (non-hydrogen) atoms. The van der Waals surface area contributed by atoms with Crippen molar-refractivity contribution in [3.63, 3.8) is 0 Å². The van der Waals surface area contributed by atoms with Crippen molar-refractivity contribution in [3.8, 4) is 23.0 Å². The van der Waals surface area contributed by atoms with E-state index in [1.54, 1.807) is 42.6 Å². The Bertz CT molecular complexity index is 1640. The van der Waals surface area contributed by atoms with Crippen molar-refractivity contribution >= 4 is 34.6 Å². The Balaban J connectivity index is 1.22. The monoisotopic (exact) mass is 542 g/mol. The summed E-state index contributed by atoms with van der Waals surface area (Å²) < 4.78 is 21.9. The molecular formula is C30H26N2O8. The fourth-order valence-corrected chi connectivity index (χ4v) is 4.46. The number of carboxylic acid groups (broad SMARTS) is 1. The van der Waals surface area contributed by atoms with Crippen LogP contribution in [0, 0.1) is 0 Å². The summed E-state index contributed by atoms with van der Waals surface area (Å²) in [6, 6.07) is 16.2. The van der Waals surface area contributed by atoms with Gasteiger partial charge in [0.25, 0.3) is 5.91 Å². The third-order valence-corrected chi connectivity index (χ3v) is 6.45. The Morgan fingerprint density at radius 1 is 1.05 bits per heavy atom. The zero-order valence-electron chi connectivity index (χ0n) is 21.7. The summed E-state index contributed by atoms with van der Waals surface area (Å²) in [4.78, 5) is 40.3. The van der Waals surface area contributed by atoms with Crippen molar-refractivity contribution in [2.75, 3.05) is 20.8 Å². The highest BCUT2D eigenvalue weighted by molar-refractivity contribution is 6.14. The van der Waals surface area contributed by atoms with Gasteiger partial charge in [-0.3, -0.25) is 9.59 Å². The number of hydrogen-bond donors (Lipinski definition) is 3. The molecule has 5 rings (SSSR count). The van der Waals surface area contributed by atoms with E-state index in [0.717, 1.165) is 16.5 Å². The van der Waals surface area contributed by atoms with Gasteiger partial charge in [-0.15, -0.1) is 0 Å². The van der Waals surface area contributed by atoms with Gasteiger partial charge < -0.3 is 34.4 Å². The van der Waals surface area contributed by atoms with Crippen LogP contribution in [0.15, 0.2) is 72.6 Å². The van der Waals surface area contributed by atoms with Gasteiger partial charge in [-0.2, -0.15) is 0 Å². The van der Waals surface area contributed by atoms with Crippen LogP contribution >= 0.6 is 0 Å². The van der Waals surface area contributed by atoms with E-state index in [-0.39, 0.29) is 29.5 Å². The Morgan fingerprint density at radius 2 is 1.85 bits per heavy atom. The first-order chi connectivity index (χ1) is 19.4. The van der Waals surface area contributed by atoms with Crippen molar-refractivity contribution in [2.45, 2.75) is 12.5 Å². The van der Waals surface area contributed by atoms with Gasteiger partial charge in [0.2, 0.25) is 5.78 Å². The van der Waals surface area contributed by atoms with Crippen molar-refractivity contribution in [3.05, 3.63) is 89.3 Å². The van der Waals surface area contributed by atoms with Crippen LogP contribution in [0.2, 0.25) is 0 Å². The SMILES string of the molecule is COc1ccc(C=C2Oc3cc(OCC(=O)N[C@H](Cc4c[nH]c5ccccc45)C(=O)O)ccc3C2=O)cc1OC. The quantitative estimate of drug-likeness (QED) is 0.256. The number of ketones is 1. The summed E-state index contributed by atoms with van der Waals surface area (Å²) in [5.74, 6) is -0.273. The maximum atomic E-state index is 12.8. The molecule has 10 nitrogen and oxygen atoms in total. The number of aliphatic carboxylic acids is 1. The lowest BCUT2D eigenvalue weighted by atomic mass is 10.1. The first kappa shape index (κ1) is 26.4. The molecular weight excluding hydrogens is 516 g/mol. The fraction of sp³-hybridized carbons (Fsp3) is 0.167. The average Bonchev–Trinajstić information content (AvgIpc) is 3.51. The van der Waals surface area contributed by atoms with E-state index in [2.05, 4.69) is 10.3 Å². The van der Waals surface area contributed by atoms with Crippen molar-refractivity contribution in [1.29, 1.82) is 0 Å². The second-order valence-corrected chi connectivity index (χ2v) is 9.02. The third kappa shape index (κ3) is 5.46. The van der Waals surface area contributed by atoms with Crippen molar-refractivity contribution in [1.82, 2.24) is 10.3 Å². The number of fused-ring (bicyclic) bond motifs is 2. The molecule has 1 amide bonds. The molecule has 2 heterocycles. The molecule has 0 spiro atoms. The predicted octanol–water partition coefficient (Wildman–Crippen LogP) is 3.99. The first-order valence-corrected chi connectivity index (χ1v) is 12.4. The van der Waals surface area contributed by atoms with E-state index in [1.807, 2.05) is 24.3 Å². The summed E-state index contributed by atoms with van der Waals surface area (Å²) in [7, 11) is 3.06. The van der Waals surface area contributed by atoms with Crippen LogP contribution in [0.4, 0.5) is 0 Å². The molecule has 0 fully saturated rings. The fourth-order valence-electron chi connectivity index (χ4n) is 4.46. The molecule has 1 aliphatic heterocycles. The Kier molecular flexibility index (Phi) is 7.41. The van der Waals surface area contributed by atoms with Gasteiger partial charge in [-0.25, -0.2) is 4.79 Å². The van der Waals surface area contributed by atoms with E-state index < -0.39 is 24.5 Å². The number of carboxylic acids is 1. The molecule has 0 saturated heterocycles. The molecule has 0 unspecified atom stereocenters. The van der Waals surface area contributed by atoms with E-state index in [0.29, 0.717) is 22.6 Å². The molecule has 3 aromatic carbocycles. The van der Waals surface area contributed by atoms with Gasteiger partial charge in [-0.1, -0.05) is 24.3 Å². The number of carbonyl (C=O) groups excluding carboxylic acids is 2. The number of rotatable bonds is 10. The number of benzene rings is 3. The predicted molar refractivity (Wildman–Crippen MR) is 146 cm³/mol. The van der Waals surface area contributed by atoms with Gasteiger partial charge in [0.1, 0.15) is 17.5 Å². The van der Waals surface area contributed by atoms with E-state index >= 15 is 0 Å². The number of nitrogens with one attached hydrogen (secondary N) is 2. The van der Waals surface area contributed by atoms with E-state index in [1.165, 1.54) is 20.3 Å². The molecule has 1 aromatic heterocycles. The number of Topliss-reactive ketones (excluding diaryl/α,β-unsaturated/α-hetero) is 1. The highest BCUT2D eigenvalue weighted by Crippen LogP contribution is 2.36. The van der Waals surface area contributed by atoms with Gasteiger partial charge in [0, 0.05) is 29.6 Å². The zero-order valence-corrected chi connectivity index (χ0v) is 21.7. The lowest BCUT2D eigenvalue weighted by Gasteiger charge is -2.15. The Morgan fingerprint density at radius 3 is 2.62 bits per heavy atom. The molecule has 0 aliphatic carbocycles. The minimum Gasteiger partial charge on any atom is -0.493 e. The number of amides is 1. The lowest BCUT2D eigenvalue weighted by Crippen LogP contribution is -2.44. The number of carbonyl (C=O) groups is 3. The number of allylic oxidation sites excluding steroid dienone is 1. The lowest BCUT2D eigenvalue weighted by molar-refractivity contribution is -0.142. The number of ether oxygens (including phenoxy) is 4. The molecule has 3 N–H and O–H groups in total. The van der Waals surface area contributed by atoms with Crippen molar-refractivity contribution < 1.29 is 38.4 Å². The standard InChI is InChI=1S/C30H26N2O8/c1-37-24-10-7-17(11-26(24)38-2)12-27-29(34)21-9-8-19(14-25(21)40-27)39-16-28(33)32-23(30(35)36)13-18-15-31-22-6-4-3-5-20(18)22/h3-12,14-15,23,31H,13,16H2,1-2H3,(H,32,33)(H,35,36)/t23-/m1/s1. The Hall–Kier alpha value is -5.25. The van der Waals surface area contributed by atoms with Crippen LogP contribution in [0.3, 0.4) is 0 Å². The summed E-state index contributed by atoms with van der Waals surface area (Å²) >= 11 is 0. The van der Waals surface area contributed by atoms with Gasteiger partial charge in [0.15, 0.2) is 23.9 Å². The van der Waals surface area contributed by atoms with Crippen molar-refractivity contribution in [2.24, 2.45) is 0 Å².